The van der Waals surface area contributed by atoms with Gasteiger partial charge in [0, 0.05) is 6.54 Å². The lowest BCUT2D eigenvalue weighted by Crippen LogP contribution is -2.25. The topological polar surface area (TPSA) is 3.24 Å². The molecule has 0 N–H and O–H groups in total. The molecule has 0 amide bonds. The summed E-state index contributed by atoms with van der Waals surface area (Å²) in [5, 5.41) is 0. The van der Waals surface area contributed by atoms with Crippen molar-refractivity contribution in [3.05, 3.63) is 60.2 Å². The smallest absolute Gasteiger partial charge is 0.00218 e. The van der Waals surface area contributed by atoms with E-state index in [1.165, 1.54) is 16.7 Å². The minimum Gasteiger partial charge on any atom is -0.304 e. The fourth-order valence-electron chi connectivity index (χ4n) is 2.46. The van der Waals surface area contributed by atoms with E-state index in [-0.39, 0.29) is 13.5 Å². The Labute approximate surface area is 130 Å². The van der Waals surface area contributed by atoms with Gasteiger partial charge in [-0.3, -0.25) is 0 Å². The molecule has 0 radical (unpaired) electrons. The first-order valence-corrected chi connectivity index (χ1v) is 7.20. The predicted molar refractivity (Wildman–Crippen MR) is 93.8 cm³/mol. The van der Waals surface area contributed by atoms with Crippen molar-refractivity contribution in [2.24, 2.45) is 0 Å². The van der Waals surface area contributed by atoms with E-state index in [1.54, 1.807) is 0 Å². The van der Waals surface area contributed by atoms with Crippen molar-refractivity contribution < 1.29 is 0 Å². The van der Waals surface area contributed by atoms with Crippen molar-refractivity contribution in [1.82, 2.24) is 4.90 Å². The van der Waals surface area contributed by atoms with Crippen molar-refractivity contribution in [3.8, 4) is 11.1 Å². The average molecular weight is 287 g/mol. The molecule has 108 valence electrons. The number of likely N-dealkylation sites (N-methyl/N-ethyl adjacent to an activating group) is 1. The van der Waals surface area contributed by atoms with Gasteiger partial charge in [-0.2, -0.15) is 13.5 Å². The Morgan fingerprint density at radius 1 is 0.800 bits per heavy atom. The van der Waals surface area contributed by atoms with Crippen molar-refractivity contribution in [1.29, 1.82) is 0 Å². The van der Waals surface area contributed by atoms with Gasteiger partial charge in [0.1, 0.15) is 0 Å². The largest absolute Gasteiger partial charge is 0.304 e. The van der Waals surface area contributed by atoms with Crippen LogP contribution in [-0.4, -0.2) is 24.5 Å². The van der Waals surface area contributed by atoms with Crippen molar-refractivity contribution >= 4 is 13.5 Å². The lowest BCUT2D eigenvalue weighted by molar-refractivity contribution is 0.308. The Bertz CT molecular complexity index is 492. The Kier molecular flexibility index (Phi) is 7.42. The first-order chi connectivity index (χ1) is 9.35. The Morgan fingerprint density at radius 2 is 1.40 bits per heavy atom. The summed E-state index contributed by atoms with van der Waals surface area (Å²) in [6.45, 7) is 7.85. The molecule has 1 nitrogen and oxygen atoms in total. The minimum absolute atomic E-state index is 0. The minimum atomic E-state index is 0. The van der Waals surface area contributed by atoms with Crippen LogP contribution in [0.25, 0.3) is 11.1 Å². The molecule has 0 aliphatic carbocycles. The zero-order valence-electron chi connectivity index (χ0n) is 12.5. The fraction of sp³-hybridized carbons (Fsp3) is 0.333. The second-order valence-electron chi connectivity index (χ2n) is 4.80. The third kappa shape index (κ3) is 4.39. The van der Waals surface area contributed by atoms with Crippen LogP contribution in [0.3, 0.4) is 0 Å². The third-order valence-corrected chi connectivity index (χ3v) is 3.69. The average Bonchev–Trinajstić information content (AvgIpc) is 2.49. The van der Waals surface area contributed by atoms with Gasteiger partial charge in [-0.25, -0.2) is 0 Å². The molecule has 0 bridgehead atoms. The molecule has 0 heterocycles. The van der Waals surface area contributed by atoms with Crippen LogP contribution in [0.2, 0.25) is 0 Å². The molecule has 0 aliphatic rings. The van der Waals surface area contributed by atoms with Crippen molar-refractivity contribution in [3.63, 3.8) is 0 Å². The predicted octanol–water partition coefficient (Wildman–Crippen LogP) is 4.35. The number of rotatable bonds is 6. The van der Waals surface area contributed by atoms with Crippen LogP contribution in [0.4, 0.5) is 0 Å². The summed E-state index contributed by atoms with van der Waals surface area (Å²) in [7, 11) is 0. The van der Waals surface area contributed by atoms with E-state index in [9.17, 15) is 0 Å². The van der Waals surface area contributed by atoms with E-state index in [0.29, 0.717) is 0 Å². The quantitative estimate of drug-likeness (QED) is 0.763. The van der Waals surface area contributed by atoms with Gasteiger partial charge < -0.3 is 4.90 Å². The first kappa shape index (κ1) is 16.8. The number of hydrogen-bond donors (Lipinski definition) is 0. The summed E-state index contributed by atoms with van der Waals surface area (Å²) in [5.74, 6) is 0. The molecule has 0 fully saturated rings. The van der Waals surface area contributed by atoms with Gasteiger partial charge in [-0.1, -0.05) is 68.4 Å². The molecule has 0 unspecified atom stereocenters. The molecule has 0 aromatic heterocycles. The van der Waals surface area contributed by atoms with Crippen molar-refractivity contribution in [2.45, 2.75) is 20.3 Å². The van der Waals surface area contributed by atoms with E-state index in [0.717, 1.165) is 26.1 Å². The molecule has 0 saturated heterocycles. The number of nitrogens with zero attached hydrogens (tertiary/aromatic N) is 1. The Hall–Kier alpha value is -1.25. The van der Waals surface area contributed by atoms with Gasteiger partial charge in [0.2, 0.25) is 0 Å². The summed E-state index contributed by atoms with van der Waals surface area (Å²) in [6.07, 6.45) is 1.12. The molecule has 0 aliphatic heterocycles. The summed E-state index contributed by atoms with van der Waals surface area (Å²) >= 11 is 0. The lowest BCUT2D eigenvalue weighted by Gasteiger charge is -2.19. The van der Waals surface area contributed by atoms with Gasteiger partial charge in [0.15, 0.2) is 0 Å². The highest BCUT2D eigenvalue weighted by molar-refractivity contribution is 7.59. The zero-order valence-corrected chi connectivity index (χ0v) is 13.5. The monoisotopic (exact) mass is 287 g/mol. The van der Waals surface area contributed by atoms with Crippen LogP contribution in [-0.2, 0) is 6.42 Å². The molecule has 2 aromatic carbocycles. The number of hydrogen-bond acceptors (Lipinski definition) is 1. The van der Waals surface area contributed by atoms with Crippen LogP contribution in [0.1, 0.15) is 19.4 Å². The lowest BCUT2D eigenvalue weighted by atomic mass is 9.97. The molecular formula is C18H25NS. The maximum atomic E-state index is 2.47. The highest BCUT2D eigenvalue weighted by atomic mass is 32.1. The third-order valence-electron chi connectivity index (χ3n) is 3.69. The van der Waals surface area contributed by atoms with Gasteiger partial charge in [0.25, 0.3) is 0 Å². The zero-order chi connectivity index (χ0) is 13.5. The maximum absolute atomic E-state index is 2.47. The van der Waals surface area contributed by atoms with E-state index >= 15 is 0 Å². The molecule has 0 atom stereocenters. The Balaban J connectivity index is 0.00000200. The second kappa shape index (κ2) is 8.83. The first-order valence-electron chi connectivity index (χ1n) is 7.20. The standard InChI is InChI=1S/C18H23N.H2S/c1-3-19(4-2)15-14-17-12-8-9-13-18(17)16-10-6-5-7-11-16;/h5-13H,3-4,14-15H2,1-2H3;1H2. The summed E-state index contributed by atoms with van der Waals surface area (Å²) in [6, 6.07) is 19.4. The van der Waals surface area contributed by atoms with Crippen LogP contribution in [0.5, 0.6) is 0 Å². The molecule has 2 rings (SSSR count). The molecular weight excluding hydrogens is 262 g/mol. The molecule has 2 aromatic rings. The number of benzene rings is 2. The fourth-order valence-corrected chi connectivity index (χ4v) is 2.46. The van der Waals surface area contributed by atoms with Crippen LogP contribution in [0, 0.1) is 0 Å². The van der Waals surface area contributed by atoms with Crippen LogP contribution < -0.4 is 0 Å². The van der Waals surface area contributed by atoms with Crippen molar-refractivity contribution in [2.75, 3.05) is 19.6 Å². The van der Waals surface area contributed by atoms with E-state index in [4.69, 9.17) is 0 Å². The SMILES string of the molecule is CCN(CC)CCc1ccccc1-c1ccccc1.S. The van der Waals surface area contributed by atoms with E-state index in [2.05, 4.69) is 73.3 Å². The summed E-state index contributed by atoms with van der Waals surface area (Å²) in [4.78, 5) is 2.47. The summed E-state index contributed by atoms with van der Waals surface area (Å²) in [5.41, 5.74) is 4.13. The van der Waals surface area contributed by atoms with Gasteiger partial charge in [-0.15, -0.1) is 0 Å². The molecule has 0 saturated carbocycles. The highest BCUT2D eigenvalue weighted by Crippen LogP contribution is 2.23. The molecule has 20 heavy (non-hydrogen) atoms. The van der Waals surface area contributed by atoms with E-state index < -0.39 is 0 Å². The van der Waals surface area contributed by atoms with Gasteiger partial charge >= 0.3 is 0 Å². The molecule has 0 spiro atoms. The maximum Gasteiger partial charge on any atom is 0.00218 e. The summed E-state index contributed by atoms with van der Waals surface area (Å²) < 4.78 is 0. The normalized spacial score (nSPS) is 10.3. The van der Waals surface area contributed by atoms with Crippen LogP contribution >= 0.6 is 13.5 Å². The Morgan fingerprint density at radius 3 is 2.05 bits per heavy atom. The van der Waals surface area contributed by atoms with E-state index in [1.807, 2.05) is 0 Å². The molecule has 2 heteroatoms. The highest BCUT2D eigenvalue weighted by Gasteiger charge is 2.05. The second-order valence-corrected chi connectivity index (χ2v) is 4.80. The van der Waals surface area contributed by atoms with Gasteiger partial charge in [-0.05, 0) is 36.2 Å². The van der Waals surface area contributed by atoms with Crippen LogP contribution in [0.15, 0.2) is 54.6 Å². The van der Waals surface area contributed by atoms with Gasteiger partial charge in [0.05, 0.1) is 0 Å².